The summed E-state index contributed by atoms with van der Waals surface area (Å²) in [6.45, 7) is 4.39. The van der Waals surface area contributed by atoms with Crippen molar-refractivity contribution in [1.29, 1.82) is 0 Å². The molecule has 1 atom stereocenters. The molecule has 238 valence electrons. The molecular formula is C40H66O2. The van der Waals surface area contributed by atoms with E-state index >= 15 is 0 Å². The van der Waals surface area contributed by atoms with Gasteiger partial charge in [0.05, 0.1) is 11.9 Å². The molecule has 2 nitrogen and oxygen atoms in total. The van der Waals surface area contributed by atoms with Gasteiger partial charge in [-0.2, -0.15) is 0 Å². The minimum absolute atomic E-state index is 0.0779. The quantitative estimate of drug-likeness (QED) is 0.0401. The maximum Gasteiger partial charge on any atom is 0.0886 e. The van der Waals surface area contributed by atoms with Crippen molar-refractivity contribution in [3.8, 4) is 0 Å². The molecule has 2 N–H and O–H groups in total. The summed E-state index contributed by atoms with van der Waals surface area (Å²) in [5.41, 5.74) is 0. The molecule has 0 amide bonds. The van der Waals surface area contributed by atoms with Gasteiger partial charge in [-0.15, -0.1) is 0 Å². The van der Waals surface area contributed by atoms with E-state index in [2.05, 4.69) is 98.9 Å². The lowest BCUT2D eigenvalue weighted by molar-refractivity contribution is 0.147. The third-order valence-corrected chi connectivity index (χ3v) is 7.19. The zero-order valence-corrected chi connectivity index (χ0v) is 27.5. The van der Waals surface area contributed by atoms with Gasteiger partial charge in [0, 0.05) is 6.42 Å². The molecule has 0 aliphatic rings. The van der Waals surface area contributed by atoms with Crippen molar-refractivity contribution in [3.05, 3.63) is 96.9 Å². The maximum absolute atomic E-state index is 9.95. The third-order valence-electron chi connectivity index (χ3n) is 7.19. The van der Waals surface area contributed by atoms with E-state index in [1.807, 2.05) is 6.08 Å². The second-order valence-corrected chi connectivity index (χ2v) is 11.3. The molecule has 0 aromatic rings. The fraction of sp³-hybridized carbons (Fsp3) is 0.600. The molecule has 0 saturated carbocycles. The Kier molecular flexibility index (Phi) is 33.0. The average molecular weight is 579 g/mol. The topological polar surface area (TPSA) is 40.5 Å². The molecule has 0 aliphatic heterocycles. The Hall–Kier alpha value is -2.32. The van der Waals surface area contributed by atoms with Crippen LogP contribution in [0, 0.1) is 0 Å². The zero-order chi connectivity index (χ0) is 30.6. The van der Waals surface area contributed by atoms with Gasteiger partial charge in [-0.05, 0) is 83.1 Å². The summed E-state index contributed by atoms with van der Waals surface area (Å²) in [5.74, 6) is 0.535. The van der Waals surface area contributed by atoms with Gasteiger partial charge in [0.1, 0.15) is 0 Å². The first kappa shape index (κ1) is 39.7. The van der Waals surface area contributed by atoms with Gasteiger partial charge >= 0.3 is 0 Å². The van der Waals surface area contributed by atoms with Gasteiger partial charge in [0.2, 0.25) is 0 Å². The highest BCUT2D eigenvalue weighted by Gasteiger charge is 2.02. The summed E-state index contributed by atoms with van der Waals surface area (Å²) in [5, 5.41) is 19.7. The van der Waals surface area contributed by atoms with Crippen LogP contribution >= 0.6 is 0 Å². The second kappa shape index (κ2) is 34.9. The largest absolute Gasteiger partial charge is 0.513 e. The Morgan fingerprint density at radius 3 is 1.55 bits per heavy atom. The predicted molar refractivity (Wildman–Crippen MR) is 189 cm³/mol. The number of unbranched alkanes of at least 4 members (excludes halogenated alkanes) is 11. The normalized spacial score (nSPS) is 14.1. The van der Waals surface area contributed by atoms with E-state index in [0.717, 1.165) is 70.6 Å². The van der Waals surface area contributed by atoms with Crippen LogP contribution in [0.3, 0.4) is 0 Å². The van der Waals surface area contributed by atoms with Crippen molar-refractivity contribution in [2.45, 2.75) is 155 Å². The smallest absolute Gasteiger partial charge is 0.0886 e. The van der Waals surface area contributed by atoms with Crippen molar-refractivity contribution < 1.29 is 10.2 Å². The van der Waals surface area contributed by atoms with Gasteiger partial charge in [-0.25, -0.2) is 0 Å². The molecule has 0 heterocycles. The van der Waals surface area contributed by atoms with Crippen molar-refractivity contribution in [2.75, 3.05) is 0 Å². The highest BCUT2D eigenvalue weighted by molar-refractivity contribution is 5.15. The lowest BCUT2D eigenvalue weighted by Crippen LogP contribution is -2.05. The van der Waals surface area contributed by atoms with Crippen LogP contribution in [0.5, 0.6) is 0 Å². The van der Waals surface area contributed by atoms with Crippen LogP contribution in [0.2, 0.25) is 0 Å². The molecule has 2 heteroatoms. The molecule has 0 fully saturated rings. The summed E-state index contributed by atoms with van der Waals surface area (Å²) >= 11 is 0. The number of allylic oxidation sites excluding steroid dienone is 16. The Balaban J connectivity index is 3.57. The van der Waals surface area contributed by atoms with E-state index in [1.165, 1.54) is 64.2 Å². The van der Waals surface area contributed by atoms with E-state index in [9.17, 15) is 10.2 Å². The lowest BCUT2D eigenvalue weighted by atomic mass is 10.0. The second-order valence-electron chi connectivity index (χ2n) is 11.3. The van der Waals surface area contributed by atoms with Gasteiger partial charge in [-0.3, -0.25) is 0 Å². The molecule has 42 heavy (non-hydrogen) atoms. The van der Waals surface area contributed by atoms with Crippen molar-refractivity contribution in [2.24, 2.45) is 0 Å². The van der Waals surface area contributed by atoms with Crippen LogP contribution in [-0.2, 0) is 0 Å². The minimum atomic E-state index is -0.0779. The van der Waals surface area contributed by atoms with E-state index < -0.39 is 0 Å². The Morgan fingerprint density at radius 1 is 0.476 bits per heavy atom. The molecule has 0 radical (unpaired) electrons. The summed E-state index contributed by atoms with van der Waals surface area (Å²) in [7, 11) is 0. The molecule has 0 aromatic heterocycles. The third kappa shape index (κ3) is 33.9. The zero-order valence-electron chi connectivity index (χ0n) is 27.5. The van der Waals surface area contributed by atoms with E-state index in [-0.39, 0.29) is 6.10 Å². The van der Waals surface area contributed by atoms with E-state index in [0.29, 0.717) is 5.76 Å². The van der Waals surface area contributed by atoms with Gasteiger partial charge in [0.25, 0.3) is 0 Å². The first-order chi connectivity index (χ1) is 20.7. The van der Waals surface area contributed by atoms with Crippen LogP contribution < -0.4 is 0 Å². The van der Waals surface area contributed by atoms with Crippen molar-refractivity contribution in [3.63, 3.8) is 0 Å². The first-order valence-electron chi connectivity index (χ1n) is 17.4. The summed E-state index contributed by atoms with van der Waals surface area (Å²) < 4.78 is 0. The molecule has 0 aromatic carbocycles. The van der Waals surface area contributed by atoms with Crippen molar-refractivity contribution >= 4 is 0 Å². The average Bonchev–Trinajstić information content (AvgIpc) is 2.98. The Morgan fingerprint density at radius 2 is 0.929 bits per heavy atom. The first-order valence-corrected chi connectivity index (χ1v) is 17.4. The number of hydrogen-bond donors (Lipinski definition) is 2. The van der Waals surface area contributed by atoms with E-state index in [4.69, 9.17) is 0 Å². The van der Waals surface area contributed by atoms with Crippen LogP contribution in [0.1, 0.15) is 149 Å². The molecule has 0 bridgehead atoms. The van der Waals surface area contributed by atoms with Crippen molar-refractivity contribution in [1.82, 2.24) is 0 Å². The Bertz CT molecular complexity index is 790. The summed E-state index contributed by atoms with van der Waals surface area (Å²) in [4.78, 5) is 0. The minimum Gasteiger partial charge on any atom is -0.513 e. The predicted octanol–water partition coefficient (Wildman–Crippen LogP) is 12.9. The highest BCUT2D eigenvalue weighted by atomic mass is 16.3. The lowest BCUT2D eigenvalue weighted by Gasteiger charge is -2.09. The van der Waals surface area contributed by atoms with Crippen LogP contribution in [0.15, 0.2) is 96.9 Å². The molecular weight excluding hydrogens is 512 g/mol. The van der Waals surface area contributed by atoms with E-state index in [1.54, 1.807) is 0 Å². The number of hydrogen-bond acceptors (Lipinski definition) is 2. The SMILES string of the molecule is CCCCC/C(O)=C\C/C=C\C/C=C\C/C=C\CCCCC=CC=CC=CC=CCCCCCCC(O)CCCCC. The monoisotopic (exact) mass is 579 g/mol. The fourth-order valence-electron chi connectivity index (χ4n) is 4.52. The van der Waals surface area contributed by atoms with Crippen LogP contribution in [0.25, 0.3) is 0 Å². The van der Waals surface area contributed by atoms with Gasteiger partial charge < -0.3 is 10.2 Å². The summed E-state index contributed by atoms with van der Waals surface area (Å²) in [6.07, 6.45) is 55.8. The molecule has 0 spiro atoms. The number of aliphatic hydroxyl groups excluding tert-OH is 2. The molecule has 0 saturated heterocycles. The number of rotatable bonds is 29. The molecule has 0 rings (SSSR count). The molecule has 0 aliphatic carbocycles. The number of aliphatic hydroxyl groups is 2. The highest BCUT2D eigenvalue weighted by Crippen LogP contribution is 2.12. The maximum atomic E-state index is 9.95. The van der Waals surface area contributed by atoms with Crippen LogP contribution in [0.4, 0.5) is 0 Å². The Labute approximate surface area is 261 Å². The molecule has 1 unspecified atom stereocenters. The fourth-order valence-corrected chi connectivity index (χ4v) is 4.52. The standard InChI is InChI=1S/C40H66O2/c1-3-5-31-35-39(41)37-33-29-27-25-23-21-19-17-15-13-11-9-7-8-10-12-14-16-18-20-22-24-26-28-30-34-38-40(42)36-32-6-4-2/h7,9,11,13,15-19,21-22,24,28,30,38-39,41-42H,3-6,8,10,12,14,20,23,25-27,29,31-37H2,1-2H3/b9-7?,13-11?,17-15?,18-16-,21-19?,24-22-,30-28-,40-38+. The van der Waals surface area contributed by atoms with Gasteiger partial charge in [0.15, 0.2) is 0 Å². The summed E-state index contributed by atoms with van der Waals surface area (Å²) in [6, 6.07) is 0. The van der Waals surface area contributed by atoms with Gasteiger partial charge in [-0.1, -0.05) is 150 Å². The van der Waals surface area contributed by atoms with Crippen LogP contribution in [-0.4, -0.2) is 16.3 Å².